The van der Waals surface area contributed by atoms with Gasteiger partial charge in [-0.05, 0) is 18.8 Å². The van der Waals surface area contributed by atoms with Crippen LogP contribution in [0, 0.1) is 10.8 Å². The Balaban J connectivity index is 2.72. The quantitative estimate of drug-likeness (QED) is 0.627. The summed E-state index contributed by atoms with van der Waals surface area (Å²) in [5, 5.41) is 12.6. The molecule has 1 aliphatic heterocycles. The lowest BCUT2D eigenvalue weighted by Crippen LogP contribution is -2.46. The first kappa shape index (κ1) is 8.96. The van der Waals surface area contributed by atoms with Gasteiger partial charge >= 0.3 is 5.97 Å². The second kappa shape index (κ2) is 3.51. The van der Waals surface area contributed by atoms with Gasteiger partial charge in [-0.1, -0.05) is 6.92 Å². The van der Waals surface area contributed by atoms with Crippen LogP contribution in [0.2, 0.25) is 0 Å². The molecule has 0 aliphatic carbocycles. The van der Waals surface area contributed by atoms with Gasteiger partial charge in [0.1, 0.15) is 6.04 Å². The summed E-state index contributed by atoms with van der Waals surface area (Å²) in [6, 6.07) is -0.726. The smallest absolute Gasteiger partial charge is 0.328 e. The molecule has 0 spiro atoms. The number of nitrogens with zero attached hydrogens (tertiary/aromatic N) is 2. The molecule has 1 N–H and O–H groups in total. The van der Waals surface area contributed by atoms with Crippen molar-refractivity contribution in [1.82, 2.24) is 5.01 Å². The van der Waals surface area contributed by atoms with E-state index in [0.29, 0.717) is 6.54 Å². The van der Waals surface area contributed by atoms with E-state index in [0.717, 1.165) is 17.9 Å². The van der Waals surface area contributed by atoms with Crippen molar-refractivity contribution >= 4 is 5.97 Å². The normalized spacial score (nSPS) is 29.9. The van der Waals surface area contributed by atoms with Crippen molar-refractivity contribution in [1.29, 1.82) is 0 Å². The first-order valence-electron chi connectivity index (χ1n) is 3.99. The van der Waals surface area contributed by atoms with Crippen LogP contribution in [0.25, 0.3) is 0 Å². The fourth-order valence-electron chi connectivity index (χ4n) is 1.63. The third-order valence-electron chi connectivity index (χ3n) is 2.26. The van der Waals surface area contributed by atoms with Gasteiger partial charge in [-0.25, -0.2) is 9.80 Å². The first-order valence-corrected chi connectivity index (χ1v) is 3.99. The van der Waals surface area contributed by atoms with Gasteiger partial charge in [-0.3, -0.25) is 0 Å². The molecule has 1 aliphatic rings. The van der Waals surface area contributed by atoms with Crippen molar-refractivity contribution in [2.24, 2.45) is 11.2 Å². The zero-order valence-electron chi connectivity index (χ0n) is 6.93. The molecule has 0 aromatic carbocycles. The van der Waals surface area contributed by atoms with Gasteiger partial charge in [0.15, 0.2) is 0 Å². The topological polar surface area (TPSA) is 70.0 Å². The molecule has 1 rings (SSSR count). The van der Waals surface area contributed by atoms with Crippen LogP contribution in [0.4, 0.5) is 0 Å². The molecule has 0 aromatic rings. The second-order valence-corrected chi connectivity index (χ2v) is 3.15. The monoisotopic (exact) mass is 172 g/mol. The average molecular weight is 172 g/mol. The van der Waals surface area contributed by atoms with E-state index in [-0.39, 0.29) is 5.92 Å². The molecular formula is C7H12N2O3. The van der Waals surface area contributed by atoms with E-state index in [1.807, 2.05) is 6.92 Å². The zero-order chi connectivity index (χ0) is 9.14. The summed E-state index contributed by atoms with van der Waals surface area (Å²) in [6.07, 6.45) is 1.69. The summed E-state index contributed by atoms with van der Waals surface area (Å²) in [5.74, 6) is -0.948. The van der Waals surface area contributed by atoms with Crippen LogP contribution in [0.3, 0.4) is 0 Å². The minimum atomic E-state index is -0.957. The number of nitroso groups, excluding NO2 is 1. The lowest BCUT2D eigenvalue weighted by molar-refractivity contribution is -0.146. The molecule has 0 saturated carbocycles. The van der Waals surface area contributed by atoms with E-state index in [1.54, 1.807) is 0 Å². The van der Waals surface area contributed by atoms with Crippen LogP contribution in [0.1, 0.15) is 19.8 Å². The highest BCUT2D eigenvalue weighted by Crippen LogP contribution is 2.23. The molecule has 0 bridgehead atoms. The van der Waals surface area contributed by atoms with Crippen LogP contribution in [0.15, 0.2) is 5.29 Å². The molecule has 1 heterocycles. The Morgan fingerprint density at radius 3 is 2.75 bits per heavy atom. The first-order chi connectivity index (χ1) is 5.66. The van der Waals surface area contributed by atoms with Crippen molar-refractivity contribution in [3.05, 3.63) is 4.91 Å². The molecule has 12 heavy (non-hydrogen) atoms. The van der Waals surface area contributed by atoms with Gasteiger partial charge in [-0.15, -0.1) is 4.91 Å². The minimum Gasteiger partial charge on any atom is -0.480 e. The number of carboxylic acid groups (broad SMARTS) is 1. The summed E-state index contributed by atoms with van der Waals surface area (Å²) < 4.78 is 0. The molecule has 68 valence electrons. The van der Waals surface area contributed by atoms with E-state index in [4.69, 9.17) is 5.11 Å². The molecule has 2 unspecified atom stereocenters. The van der Waals surface area contributed by atoms with E-state index in [2.05, 4.69) is 5.29 Å². The summed E-state index contributed by atoms with van der Waals surface area (Å²) >= 11 is 0. The third kappa shape index (κ3) is 1.54. The van der Waals surface area contributed by atoms with Crippen LogP contribution in [-0.4, -0.2) is 28.7 Å². The molecular weight excluding hydrogens is 160 g/mol. The molecule has 0 aromatic heterocycles. The second-order valence-electron chi connectivity index (χ2n) is 3.15. The van der Waals surface area contributed by atoms with Gasteiger partial charge in [-0.2, -0.15) is 0 Å². The van der Waals surface area contributed by atoms with Crippen molar-refractivity contribution < 1.29 is 9.90 Å². The predicted molar refractivity (Wildman–Crippen MR) is 42.3 cm³/mol. The van der Waals surface area contributed by atoms with Crippen molar-refractivity contribution in [3.8, 4) is 0 Å². The third-order valence-corrected chi connectivity index (χ3v) is 2.26. The number of carbonyl (C=O) groups is 1. The van der Waals surface area contributed by atoms with Crippen molar-refractivity contribution in [3.63, 3.8) is 0 Å². The lowest BCUT2D eigenvalue weighted by Gasteiger charge is -2.32. The van der Waals surface area contributed by atoms with Crippen LogP contribution < -0.4 is 0 Å². The Kier molecular flexibility index (Phi) is 2.62. The van der Waals surface area contributed by atoms with Gasteiger partial charge in [0.2, 0.25) is 0 Å². The van der Waals surface area contributed by atoms with E-state index in [1.165, 1.54) is 0 Å². The van der Waals surface area contributed by atoms with Gasteiger partial charge < -0.3 is 5.11 Å². The highest BCUT2D eigenvalue weighted by Gasteiger charge is 2.34. The number of hydrogen-bond acceptors (Lipinski definition) is 3. The van der Waals surface area contributed by atoms with E-state index < -0.39 is 12.0 Å². The summed E-state index contributed by atoms with van der Waals surface area (Å²) in [6.45, 7) is 2.29. The molecule has 5 nitrogen and oxygen atoms in total. The number of hydrogen-bond donors (Lipinski definition) is 1. The largest absolute Gasteiger partial charge is 0.480 e. The maximum atomic E-state index is 10.7. The van der Waals surface area contributed by atoms with Gasteiger partial charge in [0.25, 0.3) is 0 Å². The lowest BCUT2D eigenvalue weighted by atomic mass is 9.92. The maximum absolute atomic E-state index is 10.7. The summed E-state index contributed by atoms with van der Waals surface area (Å²) in [4.78, 5) is 20.9. The van der Waals surface area contributed by atoms with Gasteiger partial charge in [0, 0.05) is 6.54 Å². The predicted octanol–water partition coefficient (Wildman–Crippen LogP) is 0.853. The summed E-state index contributed by atoms with van der Waals surface area (Å²) in [7, 11) is 0. The Morgan fingerprint density at radius 1 is 1.67 bits per heavy atom. The highest BCUT2D eigenvalue weighted by atomic mass is 16.4. The minimum absolute atomic E-state index is 0.00829. The average Bonchev–Trinajstić information content (AvgIpc) is 2.03. The Morgan fingerprint density at radius 2 is 2.33 bits per heavy atom. The van der Waals surface area contributed by atoms with Gasteiger partial charge in [0.05, 0.1) is 5.29 Å². The van der Waals surface area contributed by atoms with Crippen molar-refractivity contribution in [2.75, 3.05) is 6.54 Å². The van der Waals surface area contributed by atoms with Crippen LogP contribution in [0.5, 0.6) is 0 Å². The fraction of sp³-hybridized carbons (Fsp3) is 0.857. The van der Waals surface area contributed by atoms with Crippen LogP contribution >= 0.6 is 0 Å². The molecule has 1 fully saturated rings. The molecule has 0 amide bonds. The molecule has 0 radical (unpaired) electrons. The number of carboxylic acids is 1. The SMILES string of the molecule is CC1CCCN(N=O)C1C(=O)O. The number of aliphatic carboxylic acids is 1. The summed E-state index contributed by atoms with van der Waals surface area (Å²) in [5.41, 5.74) is 0. The fourth-order valence-corrected chi connectivity index (χ4v) is 1.63. The molecule has 5 heteroatoms. The Hall–Kier alpha value is -1.13. The molecule has 2 atom stereocenters. The standard InChI is InChI=1S/C7H12N2O3/c1-5-3-2-4-9(8-12)6(5)7(10)11/h5-6H,2-4H2,1H3,(H,10,11). The maximum Gasteiger partial charge on any atom is 0.328 e. The number of rotatable bonds is 2. The highest BCUT2D eigenvalue weighted by molar-refractivity contribution is 5.73. The number of piperidine rings is 1. The molecule has 1 saturated heterocycles. The Labute approximate surface area is 70.3 Å². The van der Waals surface area contributed by atoms with E-state index >= 15 is 0 Å². The Bertz CT molecular complexity index is 195. The van der Waals surface area contributed by atoms with Crippen LogP contribution in [-0.2, 0) is 4.79 Å². The van der Waals surface area contributed by atoms with Crippen molar-refractivity contribution in [2.45, 2.75) is 25.8 Å². The zero-order valence-corrected chi connectivity index (χ0v) is 6.93. The van der Waals surface area contributed by atoms with E-state index in [9.17, 15) is 9.70 Å².